The summed E-state index contributed by atoms with van der Waals surface area (Å²) in [6.45, 7) is 4.19. The topological polar surface area (TPSA) is 60.2 Å². The molecule has 31 heavy (non-hydrogen) atoms. The monoisotopic (exact) mass is 422 g/mol. The normalized spacial score (nSPS) is 14.6. The van der Waals surface area contributed by atoms with E-state index in [4.69, 9.17) is 4.74 Å². The van der Waals surface area contributed by atoms with Crippen molar-refractivity contribution < 1.29 is 13.9 Å². The van der Waals surface area contributed by atoms with Crippen molar-refractivity contribution in [2.24, 2.45) is 5.92 Å². The summed E-state index contributed by atoms with van der Waals surface area (Å²) < 4.78 is 20.5. The molecule has 0 N–H and O–H groups in total. The lowest BCUT2D eigenvalue weighted by molar-refractivity contribution is 0.0689. The van der Waals surface area contributed by atoms with Gasteiger partial charge in [-0.3, -0.25) is 4.79 Å². The van der Waals surface area contributed by atoms with Gasteiger partial charge in [-0.2, -0.15) is 0 Å². The van der Waals surface area contributed by atoms with Gasteiger partial charge in [0.25, 0.3) is 5.91 Å². The third kappa shape index (κ3) is 4.93. The van der Waals surface area contributed by atoms with E-state index in [1.807, 2.05) is 30.2 Å². The molecule has 0 spiro atoms. The van der Waals surface area contributed by atoms with Crippen molar-refractivity contribution in [1.82, 2.24) is 19.4 Å². The van der Waals surface area contributed by atoms with E-state index in [1.165, 1.54) is 12.1 Å². The highest BCUT2D eigenvalue weighted by Gasteiger charge is 2.25. The molecule has 4 rings (SSSR count). The molecule has 1 saturated heterocycles. The van der Waals surface area contributed by atoms with Gasteiger partial charge in [-0.05, 0) is 49.4 Å². The third-order valence-electron chi connectivity index (χ3n) is 5.96. The fourth-order valence-electron chi connectivity index (χ4n) is 4.07. The van der Waals surface area contributed by atoms with Crippen molar-refractivity contribution in [3.8, 4) is 5.88 Å². The van der Waals surface area contributed by atoms with Crippen LogP contribution in [0.2, 0.25) is 0 Å². The van der Waals surface area contributed by atoms with Gasteiger partial charge in [0.05, 0.1) is 12.7 Å². The molecule has 1 amide bonds. The summed E-state index contributed by atoms with van der Waals surface area (Å²) in [5.41, 5.74) is 2.74. The third-order valence-corrected chi connectivity index (χ3v) is 5.96. The molecule has 0 saturated carbocycles. The minimum atomic E-state index is -0.224. The van der Waals surface area contributed by atoms with E-state index in [1.54, 1.807) is 25.4 Å². The van der Waals surface area contributed by atoms with E-state index in [2.05, 4.69) is 14.5 Å². The Hall–Kier alpha value is -3.22. The first-order valence-corrected chi connectivity index (χ1v) is 10.6. The van der Waals surface area contributed by atoms with Crippen LogP contribution in [0.4, 0.5) is 4.39 Å². The van der Waals surface area contributed by atoms with E-state index >= 15 is 0 Å². The Labute approximate surface area is 181 Å². The Balaban J connectivity index is 1.35. The zero-order chi connectivity index (χ0) is 21.8. The van der Waals surface area contributed by atoms with Crippen LogP contribution in [0.15, 0.2) is 48.8 Å². The number of imidazole rings is 1. The van der Waals surface area contributed by atoms with Crippen molar-refractivity contribution in [3.63, 3.8) is 0 Å². The van der Waals surface area contributed by atoms with Gasteiger partial charge in [0.2, 0.25) is 5.88 Å². The van der Waals surface area contributed by atoms with Gasteiger partial charge in [0.1, 0.15) is 11.6 Å². The number of aryl methyl sites for hydroxylation is 1. The molecule has 1 fully saturated rings. The Kier molecular flexibility index (Phi) is 6.30. The minimum absolute atomic E-state index is 0.0160. The SMILES string of the molecule is COc1ccc(C(=O)N2CCC(Cc3ncc(C)n3Cc3ccc(F)cc3)CC2)cn1. The van der Waals surface area contributed by atoms with Crippen LogP contribution in [0.3, 0.4) is 0 Å². The largest absolute Gasteiger partial charge is 0.481 e. The quantitative estimate of drug-likeness (QED) is 0.605. The highest BCUT2D eigenvalue weighted by Crippen LogP contribution is 2.24. The lowest BCUT2D eigenvalue weighted by Crippen LogP contribution is -2.39. The summed E-state index contributed by atoms with van der Waals surface area (Å²) in [6.07, 6.45) is 6.23. The van der Waals surface area contributed by atoms with Crippen LogP contribution in [0.25, 0.3) is 0 Å². The molecule has 0 radical (unpaired) electrons. The molecule has 6 nitrogen and oxygen atoms in total. The van der Waals surface area contributed by atoms with Gasteiger partial charge in [-0.15, -0.1) is 0 Å². The number of piperidine rings is 1. The lowest BCUT2D eigenvalue weighted by Gasteiger charge is -2.32. The highest BCUT2D eigenvalue weighted by molar-refractivity contribution is 5.94. The second kappa shape index (κ2) is 9.29. The molecular weight excluding hydrogens is 395 g/mol. The molecule has 3 aromatic rings. The number of halogens is 1. The molecule has 162 valence electrons. The molecule has 1 aliphatic rings. The number of benzene rings is 1. The average Bonchev–Trinajstić information content (AvgIpc) is 3.14. The van der Waals surface area contributed by atoms with Crippen LogP contribution in [0.5, 0.6) is 5.88 Å². The fourth-order valence-corrected chi connectivity index (χ4v) is 4.07. The second-order valence-corrected chi connectivity index (χ2v) is 8.06. The standard InChI is InChI=1S/C24H27FN4O2/c1-17-14-26-22(29(17)16-19-3-6-21(25)7-4-19)13-18-9-11-28(12-10-18)24(30)20-5-8-23(31-2)27-15-20/h3-8,14-15,18H,9-13,16H2,1-2H3. The van der Waals surface area contributed by atoms with Gasteiger partial charge in [0, 0.05) is 50.2 Å². The van der Waals surface area contributed by atoms with Gasteiger partial charge in [0.15, 0.2) is 0 Å². The first-order valence-electron chi connectivity index (χ1n) is 10.6. The number of hydrogen-bond donors (Lipinski definition) is 0. The number of carbonyl (C=O) groups is 1. The van der Waals surface area contributed by atoms with Crippen LogP contribution in [0, 0.1) is 18.7 Å². The summed E-state index contributed by atoms with van der Waals surface area (Å²) in [5.74, 6) is 1.82. The van der Waals surface area contributed by atoms with Crippen LogP contribution in [0.1, 0.15) is 40.3 Å². The predicted octanol–water partition coefficient (Wildman–Crippen LogP) is 3.88. The maximum Gasteiger partial charge on any atom is 0.255 e. The number of hydrogen-bond acceptors (Lipinski definition) is 4. The summed E-state index contributed by atoms with van der Waals surface area (Å²) in [4.78, 5) is 23.4. The van der Waals surface area contributed by atoms with Crippen molar-refractivity contribution in [2.45, 2.75) is 32.7 Å². The number of methoxy groups -OCH3 is 1. The molecule has 3 heterocycles. The zero-order valence-corrected chi connectivity index (χ0v) is 17.9. The highest BCUT2D eigenvalue weighted by atomic mass is 19.1. The van der Waals surface area contributed by atoms with Gasteiger partial charge < -0.3 is 14.2 Å². The maximum atomic E-state index is 13.2. The first-order chi connectivity index (χ1) is 15.0. The van der Waals surface area contributed by atoms with Crippen LogP contribution in [-0.4, -0.2) is 45.5 Å². The number of nitrogens with zero attached hydrogens (tertiary/aromatic N) is 4. The number of carbonyl (C=O) groups excluding carboxylic acids is 1. The number of aromatic nitrogens is 3. The molecule has 0 atom stereocenters. The number of pyridine rings is 1. The van der Waals surface area contributed by atoms with Crippen LogP contribution >= 0.6 is 0 Å². The van der Waals surface area contributed by atoms with Gasteiger partial charge >= 0.3 is 0 Å². The summed E-state index contributed by atoms with van der Waals surface area (Å²) in [5, 5.41) is 0. The second-order valence-electron chi connectivity index (χ2n) is 8.06. The lowest BCUT2D eigenvalue weighted by atomic mass is 9.93. The van der Waals surface area contributed by atoms with Gasteiger partial charge in [-0.1, -0.05) is 12.1 Å². The Bertz CT molecular complexity index is 1020. The fraction of sp³-hybridized carbons (Fsp3) is 0.375. The minimum Gasteiger partial charge on any atom is -0.481 e. The summed E-state index contributed by atoms with van der Waals surface area (Å²) in [6, 6.07) is 10.1. The molecule has 1 aliphatic heterocycles. The van der Waals surface area contributed by atoms with Crippen molar-refractivity contribution in [3.05, 3.63) is 77.3 Å². The van der Waals surface area contributed by atoms with Crippen molar-refractivity contribution in [2.75, 3.05) is 20.2 Å². The van der Waals surface area contributed by atoms with Crippen LogP contribution in [-0.2, 0) is 13.0 Å². The van der Waals surface area contributed by atoms with Crippen LogP contribution < -0.4 is 4.74 Å². The number of likely N-dealkylation sites (tertiary alicyclic amines) is 1. The Morgan fingerprint density at radius 1 is 1.10 bits per heavy atom. The first kappa shape index (κ1) is 21.0. The Morgan fingerprint density at radius 2 is 1.84 bits per heavy atom. The van der Waals surface area contributed by atoms with Crippen molar-refractivity contribution >= 4 is 5.91 Å². The molecule has 2 aromatic heterocycles. The molecular formula is C24H27FN4O2. The number of rotatable bonds is 6. The molecule has 0 unspecified atom stereocenters. The predicted molar refractivity (Wildman–Crippen MR) is 116 cm³/mol. The summed E-state index contributed by atoms with van der Waals surface area (Å²) >= 11 is 0. The average molecular weight is 423 g/mol. The molecule has 0 aliphatic carbocycles. The number of ether oxygens (including phenoxy) is 1. The van der Waals surface area contributed by atoms with E-state index in [0.717, 1.165) is 49.4 Å². The van der Waals surface area contributed by atoms with Crippen molar-refractivity contribution in [1.29, 1.82) is 0 Å². The van der Waals surface area contributed by atoms with Gasteiger partial charge in [-0.25, -0.2) is 14.4 Å². The molecule has 0 bridgehead atoms. The van der Waals surface area contributed by atoms with E-state index < -0.39 is 0 Å². The zero-order valence-electron chi connectivity index (χ0n) is 17.9. The molecule has 7 heteroatoms. The smallest absolute Gasteiger partial charge is 0.255 e. The maximum absolute atomic E-state index is 13.2. The van der Waals surface area contributed by atoms with E-state index in [-0.39, 0.29) is 11.7 Å². The molecule has 1 aromatic carbocycles. The number of amides is 1. The van der Waals surface area contributed by atoms with E-state index in [0.29, 0.717) is 23.9 Å². The summed E-state index contributed by atoms with van der Waals surface area (Å²) in [7, 11) is 1.56. The van der Waals surface area contributed by atoms with E-state index in [9.17, 15) is 9.18 Å². The Morgan fingerprint density at radius 3 is 2.48 bits per heavy atom.